The summed E-state index contributed by atoms with van der Waals surface area (Å²) in [6.45, 7) is 1.28. The largest absolute Gasteiger partial charge is 0.534 e. The van der Waals surface area contributed by atoms with E-state index in [0.29, 0.717) is 16.7 Å². The zero-order chi connectivity index (χ0) is 27.4. The van der Waals surface area contributed by atoms with Crippen LogP contribution in [0.3, 0.4) is 0 Å². The Morgan fingerprint density at radius 2 is 1.41 bits per heavy atom. The number of carbonyl (C=O) groups excluding carboxylic acids is 2. The maximum atomic E-state index is 13.9. The molecule has 0 saturated carbocycles. The Balaban J connectivity index is 1.74. The van der Waals surface area contributed by atoms with Crippen molar-refractivity contribution in [1.29, 1.82) is 0 Å². The molecule has 1 unspecified atom stereocenters. The van der Waals surface area contributed by atoms with Crippen LogP contribution in [0.4, 0.5) is 22.0 Å². The lowest BCUT2D eigenvalue weighted by molar-refractivity contribution is -0.119. The summed E-state index contributed by atoms with van der Waals surface area (Å²) in [5, 5.41) is 2.69. The fraction of sp³-hybridized carbons (Fsp3) is 0.200. The Bertz CT molecular complexity index is 1370. The minimum Gasteiger partial charge on any atom is -0.376 e. The Kier molecular flexibility index (Phi) is 8.32. The predicted molar refractivity (Wildman–Crippen MR) is 124 cm³/mol. The zero-order valence-electron chi connectivity index (χ0n) is 19.2. The molecule has 0 saturated heterocycles. The average Bonchev–Trinajstić information content (AvgIpc) is 2.81. The lowest BCUT2D eigenvalue weighted by Gasteiger charge is -2.19. The van der Waals surface area contributed by atoms with E-state index in [-0.39, 0.29) is 18.7 Å². The Morgan fingerprint density at radius 1 is 0.892 bits per heavy atom. The second-order valence-electron chi connectivity index (χ2n) is 7.94. The van der Waals surface area contributed by atoms with Crippen LogP contribution in [0.25, 0.3) is 11.1 Å². The molecule has 0 radical (unpaired) electrons. The van der Waals surface area contributed by atoms with Gasteiger partial charge in [0, 0.05) is 13.3 Å². The second-order valence-corrected chi connectivity index (χ2v) is 9.48. The molecule has 1 atom stereocenters. The summed E-state index contributed by atoms with van der Waals surface area (Å²) in [7, 11) is -5.79. The quantitative estimate of drug-likeness (QED) is 0.163. The maximum absolute atomic E-state index is 13.9. The summed E-state index contributed by atoms with van der Waals surface area (Å²) < 4.78 is 91.6. The Hall–Kier alpha value is -3.80. The van der Waals surface area contributed by atoms with E-state index in [4.69, 9.17) is 0 Å². The van der Waals surface area contributed by atoms with Gasteiger partial charge in [0.15, 0.2) is 5.78 Å². The molecule has 0 fully saturated rings. The molecule has 1 amide bonds. The third-order valence-electron chi connectivity index (χ3n) is 5.27. The molecular weight excluding hydrogens is 521 g/mol. The summed E-state index contributed by atoms with van der Waals surface area (Å²) in [5.41, 5.74) is -4.46. The number of halogens is 5. The highest BCUT2D eigenvalue weighted by atomic mass is 32.2. The first-order valence-electron chi connectivity index (χ1n) is 10.7. The van der Waals surface area contributed by atoms with E-state index in [2.05, 4.69) is 9.50 Å². The SMILES string of the molecule is CC(=O)NC(CCC(=O)c1c(F)cccc1F)c1ccc(-c2ccc(OS(=O)(=O)C(F)(F)F)cc2)cc1. The fourth-order valence-electron chi connectivity index (χ4n) is 3.52. The minimum absolute atomic E-state index is 0.0608. The molecule has 1 N–H and O–H groups in total. The smallest absolute Gasteiger partial charge is 0.376 e. The first kappa shape index (κ1) is 27.8. The van der Waals surface area contributed by atoms with E-state index < -0.39 is 50.4 Å². The molecule has 0 bridgehead atoms. The van der Waals surface area contributed by atoms with Crippen molar-refractivity contribution in [3.8, 4) is 16.9 Å². The number of nitrogens with one attached hydrogen (secondary N) is 1. The lowest BCUT2D eigenvalue weighted by Crippen LogP contribution is -2.28. The highest BCUT2D eigenvalue weighted by Gasteiger charge is 2.48. The number of hydrogen-bond donors (Lipinski definition) is 1. The van der Waals surface area contributed by atoms with Gasteiger partial charge < -0.3 is 9.50 Å². The van der Waals surface area contributed by atoms with Crippen LogP contribution in [0.1, 0.15) is 41.7 Å². The van der Waals surface area contributed by atoms with E-state index in [1.54, 1.807) is 24.3 Å². The third kappa shape index (κ3) is 6.91. The number of carbonyl (C=O) groups is 2. The summed E-state index contributed by atoms with van der Waals surface area (Å²) in [6, 6.07) is 13.9. The highest BCUT2D eigenvalue weighted by Crippen LogP contribution is 2.30. The molecule has 3 rings (SSSR count). The van der Waals surface area contributed by atoms with Crippen molar-refractivity contribution in [1.82, 2.24) is 5.32 Å². The van der Waals surface area contributed by atoms with Gasteiger partial charge in [-0.25, -0.2) is 8.78 Å². The first-order valence-corrected chi connectivity index (χ1v) is 12.1. The number of Topliss-reactive ketones (excluding diaryl/α,β-unsaturated/α-hetero) is 1. The van der Waals surface area contributed by atoms with Gasteiger partial charge in [-0.1, -0.05) is 42.5 Å². The number of benzene rings is 3. The van der Waals surface area contributed by atoms with Crippen molar-refractivity contribution in [2.75, 3.05) is 0 Å². The zero-order valence-corrected chi connectivity index (χ0v) is 20.0. The number of ketones is 1. The molecule has 0 aliphatic heterocycles. The van der Waals surface area contributed by atoms with Gasteiger partial charge in [-0.2, -0.15) is 21.6 Å². The van der Waals surface area contributed by atoms with Crippen LogP contribution in [0.15, 0.2) is 66.7 Å². The van der Waals surface area contributed by atoms with Gasteiger partial charge >= 0.3 is 15.6 Å². The summed E-state index contributed by atoms with van der Waals surface area (Å²) >= 11 is 0. The van der Waals surface area contributed by atoms with Crippen LogP contribution >= 0.6 is 0 Å². The fourth-order valence-corrected chi connectivity index (χ4v) is 3.98. The van der Waals surface area contributed by atoms with E-state index >= 15 is 0 Å². The molecule has 12 heteroatoms. The second kappa shape index (κ2) is 11.1. The number of alkyl halides is 3. The number of hydrogen-bond acceptors (Lipinski definition) is 5. The van der Waals surface area contributed by atoms with Crippen LogP contribution < -0.4 is 9.50 Å². The molecule has 3 aromatic rings. The summed E-state index contributed by atoms with van der Waals surface area (Å²) in [4.78, 5) is 24.1. The topological polar surface area (TPSA) is 89.5 Å². The van der Waals surface area contributed by atoms with Crippen LogP contribution in [0.2, 0.25) is 0 Å². The molecule has 0 aromatic heterocycles. The van der Waals surface area contributed by atoms with Gasteiger partial charge in [0.25, 0.3) is 0 Å². The maximum Gasteiger partial charge on any atom is 0.534 e. The van der Waals surface area contributed by atoms with E-state index in [1.165, 1.54) is 19.1 Å². The molecule has 37 heavy (non-hydrogen) atoms. The monoisotopic (exact) mass is 541 g/mol. The van der Waals surface area contributed by atoms with Crippen molar-refractivity contribution in [3.05, 3.63) is 89.5 Å². The molecule has 0 aliphatic carbocycles. The third-order valence-corrected chi connectivity index (χ3v) is 6.25. The number of rotatable bonds is 9. The summed E-state index contributed by atoms with van der Waals surface area (Å²) in [6.07, 6.45) is -0.182. The molecule has 0 aliphatic rings. The van der Waals surface area contributed by atoms with Gasteiger partial charge in [0.05, 0.1) is 11.6 Å². The van der Waals surface area contributed by atoms with Crippen molar-refractivity contribution in [2.45, 2.75) is 31.3 Å². The molecule has 3 aromatic carbocycles. The van der Waals surface area contributed by atoms with Gasteiger partial charge in [-0.05, 0) is 47.4 Å². The van der Waals surface area contributed by atoms with E-state index in [1.807, 2.05) is 0 Å². The molecule has 6 nitrogen and oxygen atoms in total. The van der Waals surface area contributed by atoms with Gasteiger partial charge in [0.1, 0.15) is 17.4 Å². The average molecular weight is 541 g/mol. The van der Waals surface area contributed by atoms with Crippen molar-refractivity contribution in [3.63, 3.8) is 0 Å². The van der Waals surface area contributed by atoms with Gasteiger partial charge in [0.2, 0.25) is 5.91 Å². The van der Waals surface area contributed by atoms with Crippen molar-refractivity contribution >= 4 is 21.8 Å². The van der Waals surface area contributed by atoms with Crippen molar-refractivity contribution < 1.29 is 44.1 Å². The highest BCUT2D eigenvalue weighted by molar-refractivity contribution is 7.88. The first-order chi connectivity index (χ1) is 17.3. The van der Waals surface area contributed by atoms with E-state index in [0.717, 1.165) is 30.3 Å². The van der Waals surface area contributed by atoms with E-state index in [9.17, 15) is 40.0 Å². The molecule has 0 heterocycles. The molecule has 196 valence electrons. The van der Waals surface area contributed by atoms with Gasteiger partial charge in [-0.15, -0.1) is 0 Å². The number of amides is 1. The Labute approximate surface area is 209 Å². The standard InChI is InChI=1S/C25H20F5NO5S/c1-15(32)31-22(13-14-23(33)24-20(26)3-2-4-21(24)27)18-7-5-16(6-8-18)17-9-11-19(12-10-17)36-37(34,35)25(28,29)30/h2-12,22H,13-14H2,1H3,(H,31,32). The van der Waals surface area contributed by atoms with Gasteiger partial charge in [-0.3, -0.25) is 9.59 Å². The van der Waals surface area contributed by atoms with Crippen molar-refractivity contribution in [2.24, 2.45) is 0 Å². The van der Waals surface area contributed by atoms with Crippen LogP contribution in [0, 0.1) is 11.6 Å². The normalized spacial score (nSPS) is 12.6. The van der Waals surface area contributed by atoms with Crippen LogP contribution in [0.5, 0.6) is 5.75 Å². The van der Waals surface area contributed by atoms with Crippen LogP contribution in [-0.2, 0) is 14.9 Å². The lowest BCUT2D eigenvalue weighted by atomic mass is 9.95. The summed E-state index contributed by atoms with van der Waals surface area (Å²) in [5.74, 6) is -3.60. The Morgan fingerprint density at radius 3 is 1.89 bits per heavy atom. The van der Waals surface area contributed by atoms with Crippen LogP contribution in [-0.4, -0.2) is 25.6 Å². The molecule has 0 spiro atoms. The minimum atomic E-state index is -5.79. The molecular formula is C25H20F5NO5S. The predicted octanol–water partition coefficient (Wildman–Crippen LogP) is 5.70.